The zero-order valence-corrected chi connectivity index (χ0v) is 12.3. The van der Waals surface area contributed by atoms with Crippen molar-refractivity contribution in [1.29, 1.82) is 5.26 Å². The highest BCUT2D eigenvalue weighted by molar-refractivity contribution is 5.97. The first-order valence-corrected chi connectivity index (χ1v) is 6.96. The van der Waals surface area contributed by atoms with E-state index in [0.717, 1.165) is 6.42 Å². The summed E-state index contributed by atoms with van der Waals surface area (Å²) < 4.78 is 13.4. The fourth-order valence-corrected chi connectivity index (χ4v) is 1.63. The highest BCUT2D eigenvalue weighted by atomic mass is 19.1. The summed E-state index contributed by atoms with van der Waals surface area (Å²) in [6.07, 6.45) is 2.65. The molecule has 1 aromatic carbocycles. The molecular weight excluding hydrogens is 269 g/mol. The third-order valence-corrected chi connectivity index (χ3v) is 3.10. The molecular formula is C16H20FN3O. The predicted molar refractivity (Wildman–Crippen MR) is 79.7 cm³/mol. The van der Waals surface area contributed by atoms with E-state index in [1.807, 2.05) is 19.9 Å². The second-order valence-corrected chi connectivity index (χ2v) is 4.75. The van der Waals surface area contributed by atoms with E-state index in [9.17, 15) is 9.18 Å². The standard InChI is InChI=1S/C16H20FN3O/c1-3-12(2)20-16(21)14(10-18)11-19-9-8-13-6-4-5-7-15(13)17/h4-7,11-12,19H,3,8-9H2,1-2H3,(H,20,21)/b14-11-. The normalized spacial score (nSPS) is 12.4. The van der Waals surface area contributed by atoms with Crippen molar-refractivity contribution in [1.82, 2.24) is 10.6 Å². The Hall–Kier alpha value is -2.35. The molecule has 112 valence electrons. The summed E-state index contributed by atoms with van der Waals surface area (Å²) in [5.74, 6) is -0.649. The number of amides is 1. The lowest BCUT2D eigenvalue weighted by atomic mass is 10.1. The van der Waals surface area contributed by atoms with Gasteiger partial charge >= 0.3 is 0 Å². The zero-order valence-electron chi connectivity index (χ0n) is 12.3. The zero-order chi connectivity index (χ0) is 15.7. The van der Waals surface area contributed by atoms with E-state index < -0.39 is 5.91 Å². The van der Waals surface area contributed by atoms with E-state index in [1.54, 1.807) is 18.2 Å². The van der Waals surface area contributed by atoms with Crippen molar-refractivity contribution in [2.75, 3.05) is 6.54 Å². The number of hydrogen-bond donors (Lipinski definition) is 2. The minimum atomic E-state index is -0.398. The molecule has 0 bridgehead atoms. The highest BCUT2D eigenvalue weighted by Crippen LogP contribution is 2.06. The molecule has 1 aromatic rings. The summed E-state index contributed by atoms with van der Waals surface area (Å²) in [5.41, 5.74) is 0.616. The Labute approximate surface area is 124 Å². The maximum absolute atomic E-state index is 13.4. The van der Waals surface area contributed by atoms with Crippen LogP contribution in [0.15, 0.2) is 36.0 Å². The Morgan fingerprint density at radius 3 is 2.81 bits per heavy atom. The van der Waals surface area contributed by atoms with Crippen molar-refractivity contribution in [2.24, 2.45) is 0 Å². The summed E-state index contributed by atoms with van der Waals surface area (Å²) in [5, 5.41) is 14.6. The number of nitriles is 1. The molecule has 1 atom stereocenters. The molecule has 0 aliphatic rings. The highest BCUT2D eigenvalue weighted by Gasteiger charge is 2.10. The number of hydrogen-bond acceptors (Lipinski definition) is 3. The quantitative estimate of drug-likeness (QED) is 0.460. The summed E-state index contributed by atoms with van der Waals surface area (Å²) in [4.78, 5) is 11.8. The smallest absolute Gasteiger partial charge is 0.263 e. The van der Waals surface area contributed by atoms with Crippen LogP contribution >= 0.6 is 0 Å². The summed E-state index contributed by atoms with van der Waals surface area (Å²) in [7, 11) is 0. The minimum absolute atomic E-state index is 0.0174. The Kier molecular flexibility index (Phi) is 6.96. The lowest BCUT2D eigenvalue weighted by Crippen LogP contribution is -2.33. The first-order chi connectivity index (χ1) is 10.1. The van der Waals surface area contributed by atoms with E-state index in [1.165, 1.54) is 12.3 Å². The summed E-state index contributed by atoms with van der Waals surface area (Å²) in [6.45, 7) is 4.27. The van der Waals surface area contributed by atoms with Gasteiger partial charge in [-0.25, -0.2) is 4.39 Å². The van der Waals surface area contributed by atoms with Crippen molar-refractivity contribution in [3.8, 4) is 6.07 Å². The number of halogens is 1. The SMILES string of the molecule is CCC(C)NC(=O)/C(C#N)=C\NCCc1ccccc1F. The van der Waals surface area contributed by atoms with Crippen LogP contribution in [0.2, 0.25) is 0 Å². The predicted octanol–water partition coefficient (Wildman–Crippen LogP) is 2.28. The van der Waals surface area contributed by atoms with E-state index in [-0.39, 0.29) is 17.4 Å². The Bertz CT molecular complexity index is 549. The van der Waals surface area contributed by atoms with E-state index in [0.29, 0.717) is 18.5 Å². The molecule has 0 spiro atoms. The molecule has 2 N–H and O–H groups in total. The number of carbonyl (C=O) groups is 1. The number of nitrogens with zero attached hydrogens (tertiary/aromatic N) is 1. The topological polar surface area (TPSA) is 64.9 Å². The Morgan fingerprint density at radius 1 is 1.48 bits per heavy atom. The first kappa shape index (κ1) is 16.7. The molecule has 0 radical (unpaired) electrons. The number of benzene rings is 1. The van der Waals surface area contributed by atoms with Crippen molar-refractivity contribution < 1.29 is 9.18 Å². The van der Waals surface area contributed by atoms with Gasteiger partial charge in [-0.2, -0.15) is 5.26 Å². The van der Waals surface area contributed by atoms with Crippen LogP contribution in [0.1, 0.15) is 25.8 Å². The number of rotatable bonds is 7. The van der Waals surface area contributed by atoms with Gasteiger partial charge in [-0.15, -0.1) is 0 Å². The van der Waals surface area contributed by atoms with Gasteiger partial charge in [0.1, 0.15) is 17.5 Å². The van der Waals surface area contributed by atoms with Crippen LogP contribution in [0.3, 0.4) is 0 Å². The van der Waals surface area contributed by atoms with Gasteiger partial charge in [-0.05, 0) is 31.4 Å². The van der Waals surface area contributed by atoms with Gasteiger partial charge in [0, 0.05) is 18.8 Å². The monoisotopic (exact) mass is 289 g/mol. The Morgan fingerprint density at radius 2 is 2.19 bits per heavy atom. The lowest BCUT2D eigenvalue weighted by molar-refractivity contribution is -0.117. The van der Waals surface area contributed by atoms with Gasteiger partial charge in [0.25, 0.3) is 5.91 Å². The van der Waals surface area contributed by atoms with Gasteiger partial charge < -0.3 is 10.6 Å². The molecule has 0 aliphatic heterocycles. The van der Waals surface area contributed by atoms with E-state index in [2.05, 4.69) is 10.6 Å². The first-order valence-electron chi connectivity index (χ1n) is 6.96. The van der Waals surface area contributed by atoms with Crippen LogP contribution < -0.4 is 10.6 Å². The maximum atomic E-state index is 13.4. The lowest BCUT2D eigenvalue weighted by Gasteiger charge is -2.10. The van der Waals surface area contributed by atoms with E-state index >= 15 is 0 Å². The fourth-order valence-electron chi connectivity index (χ4n) is 1.63. The average Bonchev–Trinajstić information content (AvgIpc) is 2.48. The van der Waals surface area contributed by atoms with Gasteiger partial charge in [0.2, 0.25) is 0 Å². The van der Waals surface area contributed by atoms with E-state index in [4.69, 9.17) is 5.26 Å². The molecule has 0 saturated carbocycles. The molecule has 0 heterocycles. The average molecular weight is 289 g/mol. The van der Waals surface area contributed by atoms with Gasteiger partial charge in [0.05, 0.1) is 0 Å². The Balaban J connectivity index is 2.49. The minimum Gasteiger partial charge on any atom is -0.389 e. The van der Waals surface area contributed by atoms with Crippen molar-refractivity contribution in [2.45, 2.75) is 32.7 Å². The van der Waals surface area contributed by atoms with Gasteiger partial charge in [-0.3, -0.25) is 4.79 Å². The second kappa shape index (κ2) is 8.75. The molecule has 0 aliphatic carbocycles. The second-order valence-electron chi connectivity index (χ2n) is 4.75. The summed E-state index contributed by atoms with van der Waals surface area (Å²) >= 11 is 0. The van der Waals surface area contributed by atoms with Crippen LogP contribution in [0.4, 0.5) is 4.39 Å². The molecule has 0 aromatic heterocycles. The number of carbonyl (C=O) groups excluding carboxylic acids is 1. The fraction of sp³-hybridized carbons (Fsp3) is 0.375. The maximum Gasteiger partial charge on any atom is 0.263 e. The molecule has 1 rings (SSSR count). The van der Waals surface area contributed by atoms with Crippen molar-refractivity contribution in [3.05, 3.63) is 47.4 Å². The number of nitrogens with one attached hydrogen (secondary N) is 2. The van der Waals surface area contributed by atoms with Crippen LogP contribution in [-0.2, 0) is 11.2 Å². The van der Waals surface area contributed by atoms with Gasteiger partial charge in [-0.1, -0.05) is 25.1 Å². The van der Waals surface area contributed by atoms with Crippen LogP contribution in [0.25, 0.3) is 0 Å². The molecule has 1 unspecified atom stereocenters. The molecule has 1 amide bonds. The van der Waals surface area contributed by atoms with Crippen LogP contribution in [-0.4, -0.2) is 18.5 Å². The van der Waals surface area contributed by atoms with Crippen LogP contribution in [0, 0.1) is 17.1 Å². The largest absolute Gasteiger partial charge is 0.389 e. The van der Waals surface area contributed by atoms with Crippen molar-refractivity contribution in [3.63, 3.8) is 0 Å². The third-order valence-electron chi connectivity index (χ3n) is 3.10. The molecule has 21 heavy (non-hydrogen) atoms. The molecule has 5 heteroatoms. The van der Waals surface area contributed by atoms with Crippen molar-refractivity contribution >= 4 is 5.91 Å². The van der Waals surface area contributed by atoms with Crippen LogP contribution in [0.5, 0.6) is 0 Å². The summed E-state index contributed by atoms with van der Waals surface area (Å²) in [6, 6.07) is 8.40. The van der Waals surface area contributed by atoms with Gasteiger partial charge in [0.15, 0.2) is 0 Å². The third kappa shape index (κ3) is 5.65. The molecule has 0 saturated heterocycles. The molecule has 4 nitrogen and oxygen atoms in total. The molecule has 0 fully saturated rings.